The van der Waals surface area contributed by atoms with Crippen LogP contribution >= 0.6 is 20.5 Å². The molecule has 0 aliphatic carbocycles. The fraction of sp³-hybridized carbons (Fsp3) is 0.559. The maximum absolute atomic E-state index is 12.2. The van der Waals surface area contributed by atoms with E-state index >= 15 is 0 Å². The first-order valence-corrected chi connectivity index (χ1v) is 16.6. The van der Waals surface area contributed by atoms with E-state index in [0.29, 0.717) is 6.42 Å². The predicted molar refractivity (Wildman–Crippen MR) is 195 cm³/mol. The fourth-order valence-corrected chi connectivity index (χ4v) is 3.59. The first-order valence-electron chi connectivity index (χ1n) is 14.7. The van der Waals surface area contributed by atoms with Crippen LogP contribution in [0.15, 0.2) is 0 Å². The van der Waals surface area contributed by atoms with Crippen LogP contribution in [0.1, 0.15) is 120 Å². The van der Waals surface area contributed by atoms with Crippen LogP contribution in [0.5, 0.6) is 0 Å². The maximum Gasteiger partial charge on any atom is 1.00 e. The van der Waals surface area contributed by atoms with Gasteiger partial charge in [0, 0.05) is 35.0 Å². The van der Waals surface area contributed by atoms with Gasteiger partial charge in [-0.05, 0) is 72.5 Å². The second kappa shape index (κ2) is 38.9. The van der Waals surface area contributed by atoms with Crippen LogP contribution in [0.3, 0.4) is 0 Å². The molecule has 47 heavy (non-hydrogen) atoms. The molecular weight excluding hydrogens is 661 g/mol. The van der Waals surface area contributed by atoms with Crippen molar-refractivity contribution in [3.05, 3.63) is 0 Å². The SMILES string of the molecule is CC#CC#CC#CC#CC#CC#CC(=O)OC[C@H](COP(=O)([O-])[O-])OC(=O)CCCCCCCCCCCCCC.CC(=O)S.[HH].[HH].[HH].[HH].[HH].[HH].[HH].[HH].[HH].[HH].[HH].[Na+].[Na+]. The third-order valence-electron chi connectivity index (χ3n) is 5.20. The second-order valence-corrected chi connectivity index (χ2v) is 11.0. The van der Waals surface area contributed by atoms with Gasteiger partial charge in [0.2, 0.25) is 0 Å². The molecule has 0 saturated carbocycles. The van der Waals surface area contributed by atoms with E-state index in [2.05, 4.69) is 95.1 Å². The van der Waals surface area contributed by atoms with Gasteiger partial charge in [-0.2, -0.15) is 0 Å². The van der Waals surface area contributed by atoms with Crippen molar-refractivity contribution < 1.29 is 118 Å². The van der Waals surface area contributed by atoms with Crippen LogP contribution in [0, 0.1) is 71.0 Å². The molecule has 0 aromatic rings. The third kappa shape index (κ3) is 48.9. The number of ether oxygens (including phenoxy) is 2. The van der Waals surface area contributed by atoms with E-state index in [1.807, 2.05) is 0 Å². The largest absolute Gasteiger partial charge is 1.00 e. The minimum atomic E-state index is -5.31. The van der Waals surface area contributed by atoms with E-state index in [0.717, 1.165) is 19.3 Å². The summed E-state index contributed by atoms with van der Waals surface area (Å²) in [4.78, 5) is 54.9. The Morgan fingerprint density at radius 1 is 0.723 bits per heavy atom. The van der Waals surface area contributed by atoms with E-state index in [4.69, 9.17) is 9.47 Å². The molecule has 0 bridgehead atoms. The van der Waals surface area contributed by atoms with E-state index in [-0.39, 0.29) is 86.3 Å². The molecule has 0 amide bonds. The predicted octanol–water partition coefficient (Wildman–Crippen LogP) is 0.595. The van der Waals surface area contributed by atoms with Gasteiger partial charge in [0.1, 0.15) is 6.61 Å². The normalized spacial score (nSPS) is 9.32. The number of carbonyl (C=O) groups excluding carboxylic acids is 3. The number of hydrogen-bond donors (Lipinski definition) is 1. The van der Waals surface area contributed by atoms with Crippen molar-refractivity contribution in [1.82, 2.24) is 0 Å². The number of rotatable bonds is 19. The Balaban J connectivity index is -0.0000000797. The average molecular weight is 725 g/mol. The number of hydrogen-bond acceptors (Lipinski definition) is 9. The van der Waals surface area contributed by atoms with Crippen LogP contribution in [0.25, 0.3) is 0 Å². The first kappa shape index (κ1) is 52.2. The molecule has 0 aromatic carbocycles. The molecule has 0 aliphatic heterocycles. The van der Waals surface area contributed by atoms with Crippen LogP contribution in [0.2, 0.25) is 0 Å². The monoisotopic (exact) mass is 724 g/mol. The van der Waals surface area contributed by atoms with Gasteiger partial charge >= 0.3 is 71.1 Å². The van der Waals surface area contributed by atoms with Crippen molar-refractivity contribution in [2.75, 3.05) is 13.2 Å². The Morgan fingerprint density at radius 2 is 1.13 bits per heavy atom. The minimum absolute atomic E-state index is 0. The summed E-state index contributed by atoms with van der Waals surface area (Å²) < 4.78 is 25.0. The van der Waals surface area contributed by atoms with Gasteiger partial charge in [0.15, 0.2) is 11.2 Å². The number of phosphoric ester groups is 1. The van der Waals surface area contributed by atoms with E-state index < -0.39 is 39.1 Å². The number of carbonyl (C=O) groups is 3. The van der Waals surface area contributed by atoms with Crippen molar-refractivity contribution in [3.63, 3.8) is 0 Å². The van der Waals surface area contributed by atoms with Gasteiger partial charge < -0.3 is 28.3 Å². The Kier molecular flexibility index (Phi) is 43.2. The molecule has 13 heteroatoms. The summed E-state index contributed by atoms with van der Waals surface area (Å²) in [7, 11) is -5.31. The van der Waals surface area contributed by atoms with Crippen molar-refractivity contribution >= 4 is 37.5 Å². The Bertz CT molecular complexity index is 1360. The molecule has 1 atom stereocenters. The number of phosphoric acid groups is 1. The quantitative estimate of drug-likeness (QED) is 0.0386. The van der Waals surface area contributed by atoms with Gasteiger partial charge in [0.25, 0.3) is 0 Å². The van der Waals surface area contributed by atoms with Crippen molar-refractivity contribution in [2.24, 2.45) is 0 Å². The van der Waals surface area contributed by atoms with Crippen molar-refractivity contribution in [2.45, 2.75) is 110 Å². The number of unbranched alkanes of at least 4 members (excludes halogenated alkanes) is 11. The van der Waals surface area contributed by atoms with Gasteiger partial charge in [0.05, 0.1) is 14.4 Å². The zero-order valence-corrected chi connectivity index (χ0v) is 34.0. The molecule has 0 spiro atoms. The summed E-state index contributed by atoms with van der Waals surface area (Å²) in [5.74, 6) is 27.1. The Hall–Kier alpha value is -1.57. The van der Waals surface area contributed by atoms with E-state index in [1.165, 1.54) is 58.3 Å². The average Bonchev–Trinajstić information content (AvgIpc) is 2.97. The van der Waals surface area contributed by atoms with Gasteiger partial charge in [-0.15, -0.1) is 12.6 Å². The molecule has 0 heterocycles. The Morgan fingerprint density at radius 3 is 1.55 bits per heavy atom. The first-order chi connectivity index (χ1) is 21.5. The van der Waals surface area contributed by atoms with Gasteiger partial charge in [-0.3, -0.25) is 9.59 Å². The second-order valence-electron chi connectivity index (χ2n) is 9.24. The summed E-state index contributed by atoms with van der Waals surface area (Å²) in [6, 6.07) is 0. The van der Waals surface area contributed by atoms with Crippen molar-refractivity contribution in [1.29, 1.82) is 0 Å². The summed E-state index contributed by atoms with van der Waals surface area (Å²) >= 11 is 3.33. The Labute approximate surface area is 347 Å². The molecular formula is C34H63Na2O9PS. The van der Waals surface area contributed by atoms with Crippen LogP contribution in [0.4, 0.5) is 0 Å². The maximum atomic E-state index is 12.2. The van der Waals surface area contributed by atoms with Crippen molar-refractivity contribution in [3.8, 4) is 71.0 Å². The molecule has 0 N–H and O–H groups in total. The smallest absolute Gasteiger partial charge is 0.790 e. The topological polar surface area (TPSA) is 142 Å². The van der Waals surface area contributed by atoms with Crippen LogP contribution in [-0.2, 0) is 32.9 Å². The summed E-state index contributed by atoms with van der Waals surface area (Å²) in [6.07, 6.45) is 12.5. The molecule has 0 fully saturated rings. The molecule has 0 aliphatic rings. The molecule has 0 saturated heterocycles. The molecule has 0 unspecified atom stereocenters. The summed E-state index contributed by atoms with van der Waals surface area (Å²) in [6.45, 7) is 3.93. The summed E-state index contributed by atoms with van der Waals surface area (Å²) in [5, 5.41) is -0.139. The fourth-order valence-electron chi connectivity index (χ4n) is 3.25. The zero-order valence-electron chi connectivity index (χ0n) is 28.3. The molecule has 0 radical (unpaired) electrons. The molecule has 0 aromatic heterocycles. The minimum Gasteiger partial charge on any atom is -0.790 e. The third-order valence-corrected chi connectivity index (χ3v) is 5.67. The zero-order chi connectivity index (χ0) is 34.0. The van der Waals surface area contributed by atoms with E-state index in [9.17, 15) is 28.7 Å². The number of thiol groups is 1. The van der Waals surface area contributed by atoms with Gasteiger partial charge in [-0.25, -0.2) is 4.79 Å². The molecule has 266 valence electrons. The summed E-state index contributed by atoms with van der Waals surface area (Å²) in [5.41, 5.74) is 0. The van der Waals surface area contributed by atoms with Gasteiger partial charge in [-0.1, -0.05) is 83.5 Å². The van der Waals surface area contributed by atoms with Crippen LogP contribution in [-0.4, -0.2) is 36.4 Å². The number of esters is 2. The standard InChI is InChI=1S/C32H39O8P.C2H4OS.2Na.11H2/c1-3-5-7-9-11-13-15-17-19-21-23-25-27-32(34)40-30(29-39-41(35,36)37)28-38-31(33)26-24-22-20-18-16-14-12-10-8-6-4-2;1-2(3)4;;;;;;;;;;;;;/h30H,3,5,7,9,11,13,15,17,19,21,23,25,27-29H2,1-2H3,(H2,35,36,37);1H3,(H,3,4);;;11*1H/q;;2*+1;;;;;;;;;;;/p-2/t30-;;;;;;;;;;;;;;/m1............../s1. The van der Waals surface area contributed by atoms with E-state index in [1.54, 1.807) is 6.92 Å². The molecule has 9 nitrogen and oxygen atoms in total. The molecule has 0 rings (SSSR count). The van der Waals surface area contributed by atoms with Crippen LogP contribution < -0.4 is 68.9 Å².